The van der Waals surface area contributed by atoms with E-state index in [1.54, 1.807) is 0 Å². The van der Waals surface area contributed by atoms with Gasteiger partial charge in [-0.15, -0.1) is 0 Å². The summed E-state index contributed by atoms with van der Waals surface area (Å²) in [5.41, 5.74) is 0. The lowest BCUT2D eigenvalue weighted by atomic mass is 9.89. The van der Waals surface area contributed by atoms with Gasteiger partial charge in [0.25, 0.3) is 0 Å². The molecule has 3 nitrogen and oxygen atoms in total. The second-order valence-corrected chi connectivity index (χ2v) is 5.70. The van der Waals surface area contributed by atoms with Crippen molar-refractivity contribution in [2.75, 3.05) is 33.2 Å². The van der Waals surface area contributed by atoms with Crippen molar-refractivity contribution < 1.29 is 5.11 Å². The molecule has 0 radical (unpaired) electrons. The van der Waals surface area contributed by atoms with Crippen LogP contribution in [-0.4, -0.2) is 60.3 Å². The summed E-state index contributed by atoms with van der Waals surface area (Å²) in [6.07, 6.45) is 5.25. The number of hydrogen-bond acceptors (Lipinski definition) is 3. The summed E-state index contributed by atoms with van der Waals surface area (Å²) in [6.45, 7) is 6.40. The van der Waals surface area contributed by atoms with Crippen molar-refractivity contribution in [2.45, 2.75) is 44.8 Å². The molecule has 0 aromatic carbocycles. The van der Waals surface area contributed by atoms with Crippen LogP contribution in [0.1, 0.15) is 32.6 Å². The summed E-state index contributed by atoms with van der Waals surface area (Å²) < 4.78 is 0. The van der Waals surface area contributed by atoms with E-state index in [1.165, 1.54) is 45.3 Å². The molecule has 0 spiro atoms. The van der Waals surface area contributed by atoms with Gasteiger partial charge in [0.1, 0.15) is 0 Å². The van der Waals surface area contributed by atoms with Crippen LogP contribution in [0.2, 0.25) is 0 Å². The fraction of sp³-hybridized carbons (Fsp3) is 1.00. The van der Waals surface area contributed by atoms with Crippen molar-refractivity contribution in [3.05, 3.63) is 0 Å². The highest BCUT2D eigenvalue weighted by Crippen LogP contribution is 2.29. The third kappa shape index (κ3) is 2.96. The molecule has 2 fully saturated rings. The maximum absolute atomic E-state index is 9.46. The van der Waals surface area contributed by atoms with Gasteiger partial charge in [-0.25, -0.2) is 0 Å². The number of nitrogens with zero attached hydrogens (tertiary/aromatic N) is 2. The Hall–Kier alpha value is -0.120. The van der Waals surface area contributed by atoms with Gasteiger partial charge in [-0.2, -0.15) is 0 Å². The van der Waals surface area contributed by atoms with Crippen LogP contribution in [0.4, 0.5) is 0 Å². The highest BCUT2D eigenvalue weighted by atomic mass is 16.3. The number of hydrogen-bond donors (Lipinski definition) is 1. The fourth-order valence-electron chi connectivity index (χ4n) is 3.48. The second-order valence-electron chi connectivity index (χ2n) is 5.70. The van der Waals surface area contributed by atoms with E-state index in [1.807, 2.05) is 6.92 Å². The topological polar surface area (TPSA) is 26.7 Å². The Morgan fingerprint density at radius 3 is 2.62 bits per heavy atom. The van der Waals surface area contributed by atoms with Gasteiger partial charge in [0.2, 0.25) is 0 Å². The van der Waals surface area contributed by atoms with Gasteiger partial charge in [0.15, 0.2) is 0 Å². The molecular weight excluding hydrogens is 200 g/mol. The van der Waals surface area contributed by atoms with Crippen LogP contribution in [0.15, 0.2) is 0 Å². The molecule has 1 N–H and O–H groups in total. The lowest BCUT2D eigenvalue weighted by Crippen LogP contribution is -2.45. The Bertz CT molecular complexity index is 220. The molecule has 0 aromatic rings. The van der Waals surface area contributed by atoms with Gasteiger partial charge in [-0.05, 0) is 58.7 Å². The molecule has 3 heteroatoms. The summed E-state index contributed by atoms with van der Waals surface area (Å²) in [7, 11) is 2.27. The minimum Gasteiger partial charge on any atom is -0.392 e. The van der Waals surface area contributed by atoms with E-state index in [2.05, 4.69) is 16.8 Å². The first-order valence-electron chi connectivity index (χ1n) is 6.77. The van der Waals surface area contributed by atoms with Crippen LogP contribution in [-0.2, 0) is 0 Å². The average Bonchev–Trinajstić information content (AvgIpc) is 2.64. The van der Waals surface area contributed by atoms with E-state index in [-0.39, 0.29) is 6.10 Å². The van der Waals surface area contributed by atoms with Crippen LogP contribution in [0, 0.1) is 5.92 Å². The quantitative estimate of drug-likeness (QED) is 0.782. The zero-order chi connectivity index (χ0) is 11.5. The predicted octanol–water partition coefficient (Wildman–Crippen LogP) is 1.17. The molecule has 2 heterocycles. The molecule has 0 aliphatic carbocycles. The van der Waals surface area contributed by atoms with E-state index in [4.69, 9.17) is 0 Å². The van der Waals surface area contributed by atoms with Gasteiger partial charge >= 0.3 is 0 Å². The number of aliphatic hydroxyl groups excluding tert-OH is 1. The molecule has 16 heavy (non-hydrogen) atoms. The first-order valence-corrected chi connectivity index (χ1v) is 6.77. The highest BCUT2D eigenvalue weighted by Gasteiger charge is 2.32. The van der Waals surface area contributed by atoms with Crippen LogP contribution in [0.3, 0.4) is 0 Å². The van der Waals surface area contributed by atoms with Gasteiger partial charge in [0, 0.05) is 19.1 Å². The molecule has 0 amide bonds. The van der Waals surface area contributed by atoms with Crippen molar-refractivity contribution in [1.29, 1.82) is 0 Å². The SMILES string of the molecule is C[C@H](O)CN1CCC[C@@H]([C@@H]2CCCN2C)C1. The predicted molar refractivity (Wildman–Crippen MR) is 66.5 cm³/mol. The average molecular weight is 226 g/mol. The molecule has 3 atom stereocenters. The first kappa shape index (κ1) is 12.3. The summed E-state index contributed by atoms with van der Waals surface area (Å²) in [6, 6.07) is 0.803. The Balaban J connectivity index is 1.86. The normalized spacial score (nSPS) is 35.4. The number of piperidine rings is 1. The second kappa shape index (κ2) is 5.48. The Morgan fingerprint density at radius 2 is 2.00 bits per heavy atom. The van der Waals surface area contributed by atoms with Crippen LogP contribution in [0.5, 0.6) is 0 Å². The molecule has 2 aliphatic heterocycles. The summed E-state index contributed by atoms with van der Waals surface area (Å²) in [5.74, 6) is 0.833. The smallest absolute Gasteiger partial charge is 0.0639 e. The zero-order valence-corrected chi connectivity index (χ0v) is 10.7. The molecule has 2 saturated heterocycles. The first-order chi connectivity index (χ1) is 7.66. The van der Waals surface area contributed by atoms with Gasteiger partial charge < -0.3 is 14.9 Å². The molecule has 0 aromatic heterocycles. The number of β-amino-alcohol motifs (C(OH)–C–C–N with tert-alkyl or cyclic N) is 1. The highest BCUT2D eigenvalue weighted by molar-refractivity contribution is 4.87. The van der Waals surface area contributed by atoms with E-state index >= 15 is 0 Å². The van der Waals surface area contributed by atoms with E-state index < -0.39 is 0 Å². The minimum absolute atomic E-state index is 0.181. The summed E-state index contributed by atoms with van der Waals surface area (Å²) in [5, 5.41) is 9.46. The van der Waals surface area contributed by atoms with Crippen molar-refractivity contribution in [3.8, 4) is 0 Å². The van der Waals surface area contributed by atoms with Gasteiger partial charge in [-0.1, -0.05) is 0 Å². The third-order valence-corrected chi connectivity index (χ3v) is 4.19. The number of likely N-dealkylation sites (tertiary alicyclic amines) is 2. The Labute approximate surface area is 99.4 Å². The van der Waals surface area contributed by atoms with Crippen molar-refractivity contribution in [3.63, 3.8) is 0 Å². The molecular formula is C13H26N2O. The Kier molecular flexibility index (Phi) is 4.22. The van der Waals surface area contributed by atoms with E-state index in [0.29, 0.717) is 0 Å². The summed E-state index contributed by atoms with van der Waals surface area (Å²) >= 11 is 0. The van der Waals surface area contributed by atoms with E-state index in [0.717, 1.165) is 18.5 Å². The minimum atomic E-state index is -0.181. The zero-order valence-electron chi connectivity index (χ0n) is 10.7. The standard InChI is InChI=1S/C13H26N2O/c1-11(16)9-15-8-3-5-12(10-15)13-6-4-7-14(13)2/h11-13,16H,3-10H2,1-2H3/t11-,12+,13-/m0/s1. The maximum Gasteiger partial charge on any atom is 0.0639 e. The van der Waals surface area contributed by atoms with Gasteiger partial charge in [-0.3, -0.25) is 0 Å². The number of aliphatic hydroxyl groups is 1. The fourth-order valence-corrected chi connectivity index (χ4v) is 3.48. The summed E-state index contributed by atoms with van der Waals surface area (Å²) in [4.78, 5) is 4.99. The van der Waals surface area contributed by atoms with E-state index in [9.17, 15) is 5.11 Å². The molecule has 2 rings (SSSR count). The lowest BCUT2D eigenvalue weighted by molar-refractivity contribution is 0.0713. The molecule has 0 saturated carbocycles. The molecule has 0 bridgehead atoms. The van der Waals surface area contributed by atoms with Crippen molar-refractivity contribution >= 4 is 0 Å². The van der Waals surface area contributed by atoms with Crippen molar-refractivity contribution in [2.24, 2.45) is 5.92 Å². The van der Waals surface area contributed by atoms with Crippen LogP contribution < -0.4 is 0 Å². The molecule has 94 valence electrons. The van der Waals surface area contributed by atoms with Crippen LogP contribution in [0.25, 0.3) is 0 Å². The van der Waals surface area contributed by atoms with Crippen LogP contribution >= 0.6 is 0 Å². The van der Waals surface area contributed by atoms with Gasteiger partial charge in [0.05, 0.1) is 6.10 Å². The third-order valence-electron chi connectivity index (χ3n) is 4.19. The lowest BCUT2D eigenvalue weighted by Gasteiger charge is -2.38. The monoisotopic (exact) mass is 226 g/mol. The maximum atomic E-state index is 9.46. The molecule has 0 unspecified atom stereocenters. The van der Waals surface area contributed by atoms with Crippen molar-refractivity contribution in [1.82, 2.24) is 9.80 Å². The molecule has 2 aliphatic rings. The number of rotatable bonds is 3. The largest absolute Gasteiger partial charge is 0.392 e. The Morgan fingerprint density at radius 1 is 1.25 bits per heavy atom.